The molecule has 2 nitrogen and oxygen atoms in total. The number of ether oxygens (including phenoxy) is 1. The zero-order valence-electron chi connectivity index (χ0n) is 12.6. The molecule has 2 fully saturated rings. The zero-order chi connectivity index (χ0) is 13.4. The molecular formula is C16H28NO-. The summed E-state index contributed by atoms with van der Waals surface area (Å²) in [6, 6.07) is 0. The summed E-state index contributed by atoms with van der Waals surface area (Å²) in [6.45, 7) is 9.00. The molecule has 2 aliphatic rings. The Morgan fingerprint density at radius 2 is 1.83 bits per heavy atom. The molecule has 2 atom stereocenters. The van der Waals surface area contributed by atoms with Crippen LogP contribution in [0.15, 0.2) is 12.2 Å². The maximum Gasteiger partial charge on any atom is 0.105 e. The molecule has 0 aromatic heterocycles. The van der Waals surface area contributed by atoms with Gasteiger partial charge in [0.15, 0.2) is 0 Å². The molecule has 104 valence electrons. The normalized spacial score (nSPS) is 44.8. The van der Waals surface area contributed by atoms with Crippen molar-refractivity contribution in [2.75, 3.05) is 7.05 Å². The van der Waals surface area contributed by atoms with Gasteiger partial charge in [0.25, 0.3) is 0 Å². The van der Waals surface area contributed by atoms with Gasteiger partial charge < -0.3 is 10.1 Å². The van der Waals surface area contributed by atoms with Gasteiger partial charge in [0.2, 0.25) is 0 Å². The van der Waals surface area contributed by atoms with Crippen molar-refractivity contribution in [1.29, 1.82) is 0 Å². The number of rotatable bonds is 4. The third-order valence-electron chi connectivity index (χ3n) is 4.97. The molecule has 0 bridgehead atoms. The smallest absolute Gasteiger partial charge is 0.105 e. The highest BCUT2D eigenvalue weighted by molar-refractivity contribution is 5.16. The van der Waals surface area contributed by atoms with E-state index in [1.54, 1.807) is 0 Å². The van der Waals surface area contributed by atoms with Crippen LogP contribution in [0.3, 0.4) is 0 Å². The molecule has 1 saturated heterocycles. The standard InChI is InChI=1S/C16H28NO/c1-12(2)6-7-14-16(4,18-14)13-8-10-15(3,17-5)11-9-13/h6-7,12-14H,8-11H2,1-5H3/q-1. The molecule has 0 spiro atoms. The maximum atomic E-state index is 5.98. The minimum atomic E-state index is 0.112. The van der Waals surface area contributed by atoms with Gasteiger partial charge in [-0.15, -0.1) is 5.54 Å². The summed E-state index contributed by atoms with van der Waals surface area (Å²) in [5, 5.41) is 4.54. The fourth-order valence-corrected chi connectivity index (χ4v) is 3.16. The van der Waals surface area contributed by atoms with Gasteiger partial charge >= 0.3 is 0 Å². The summed E-state index contributed by atoms with van der Waals surface area (Å²) < 4.78 is 5.98. The quantitative estimate of drug-likeness (QED) is 0.539. The average Bonchev–Trinajstić information content (AvgIpc) is 3.00. The van der Waals surface area contributed by atoms with E-state index in [1.165, 1.54) is 25.7 Å². The Kier molecular flexibility index (Phi) is 3.89. The van der Waals surface area contributed by atoms with Crippen LogP contribution < -0.4 is 0 Å². The second-order valence-electron chi connectivity index (χ2n) is 6.85. The van der Waals surface area contributed by atoms with Gasteiger partial charge in [0.05, 0.1) is 5.60 Å². The Morgan fingerprint density at radius 3 is 2.33 bits per heavy atom. The van der Waals surface area contributed by atoms with E-state index < -0.39 is 0 Å². The summed E-state index contributed by atoms with van der Waals surface area (Å²) in [5.41, 5.74) is 0.339. The Labute approximate surface area is 112 Å². The predicted octanol–water partition coefficient (Wildman–Crippen LogP) is 4.31. The van der Waals surface area contributed by atoms with Crippen molar-refractivity contribution in [2.45, 2.75) is 70.6 Å². The van der Waals surface area contributed by atoms with E-state index in [9.17, 15) is 0 Å². The van der Waals surface area contributed by atoms with Crippen molar-refractivity contribution >= 4 is 0 Å². The van der Waals surface area contributed by atoms with Crippen LogP contribution in [-0.2, 0) is 4.74 Å². The first kappa shape index (κ1) is 14.1. The lowest BCUT2D eigenvalue weighted by Gasteiger charge is -2.47. The lowest BCUT2D eigenvalue weighted by molar-refractivity contribution is 0.165. The Bertz CT molecular complexity index is 315. The van der Waals surface area contributed by atoms with E-state index in [4.69, 9.17) is 4.74 Å². The van der Waals surface area contributed by atoms with Crippen LogP contribution in [-0.4, -0.2) is 24.3 Å². The number of nitrogens with zero attached hydrogens (tertiary/aromatic N) is 1. The van der Waals surface area contributed by atoms with Gasteiger partial charge in [0, 0.05) is 0 Å². The van der Waals surface area contributed by atoms with Gasteiger partial charge in [-0.1, -0.05) is 45.8 Å². The zero-order valence-corrected chi connectivity index (χ0v) is 12.6. The highest BCUT2D eigenvalue weighted by Gasteiger charge is 2.56. The monoisotopic (exact) mass is 250 g/mol. The van der Waals surface area contributed by atoms with Crippen molar-refractivity contribution < 1.29 is 4.74 Å². The van der Waals surface area contributed by atoms with Crippen LogP contribution in [0.4, 0.5) is 0 Å². The molecular weight excluding hydrogens is 222 g/mol. The fraction of sp³-hybridized carbons (Fsp3) is 0.875. The van der Waals surface area contributed by atoms with Crippen LogP contribution >= 0.6 is 0 Å². The van der Waals surface area contributed by atoms with E-state index in [0.29, 0.717) is 17.9 Å². The third-order valence-corrected chi connectivity index (χ3v) is 4.97. The minimum absolute atomic E-state index is 0.112. The first-order valence-corrected chi connectivity index (χ1v) is 7.37. The molecule has 2 rings (SSSR count). The molecule has 0 N–H and O–H groups in total. The Balaban J connectivity index is 1.88. The first-order chi connectivity index (χ1) is 8.39. The first-order valence-electron chi connectivity index (χ1n) is 7.37. The van der Waals surface area contributed by atoms with Crippen molar-refractivity contribution in [3.05, 3.63) is 17.5 Å². The molecule has 0 amide bonds. The molecule has 2 heteroatoms. The lowest BCUT2D eigenvalue weighted by atomic mass is 9.72. The summed E-state index contributed by atoms with van der Waals surface area (Å²) in [7, 11) is 1.96. The highest BCUT2D eigenvalue weighted by Crippen LogP contribution is 2.51. The van der Waals surface area contributed by atoms with Crippen LogP contribution in [0.1, 0.15) is 53.4 Å². The lowest BCUT2D eigenvalue weighted by Crippen LogP contribution is -2.35. The second-order valence-corrected chi connectivity index (χ2v) is 6.85. The van der Waals surface area contributed by atoms with Crippen molar-refractivity contribution in [3.8, 4) is 0 Å². The van der Waals surface area contributed by atoms with E-state index in [1.807, 2.05) is 7.05 Å². The van der Waals surface area contributed by atoms with E-state index >= 15 is 0 Å². The summed E-state index contributed by atoms with van der Waals surface area (Å²) in [5.74, 6) is 1.33. The Morgan fingerprint density at radius 1 is 1.22 bits per heavy atom. The number of allylic oxidation sites excluding steroid dienone is 1. The minimum Gasteiger partial charge on any atom is -0.660 e. The molecule has 0 aromatic carbocycles. The van der Waals surface area contributed by atoms with Crippen LogP contribution in [0.5, 0.6) is 0 Å². The Hall–Kier alpha value is -0.340. The van der Waals surface area contributed by atoms with Crippen molar-refractivity contribution in [2.24, 2.45) is 11.8 Å². The third kappa shape index (κ3) is 2.80. The van der Waals surface area contributed by atoms with E-state index in [2.05, 4.69) is 45.2 Å². The largest absolute Gasteiger partial charge is 0.660 e. The topological polar surface area (TPSA) is 26.6 Å². The molecule has 0 radical (unpaired) electrons. The fourth-order valence-electron chi connectivity index (χ4n) is 3.16. The van der Waals surface area contributed by atoms with Gasteiger partial charge in [-0.3, -0.25) is 0 Å². The molecule has 18 heavy (non-hydrogen) atoms. The summed E-state index contributed by atoms with van der Waals surface area (Å²) in [4.78, 5) is 0. The van der Waals surface area contributed by atoms with Gasteiger partial charge in [-0.2, -0.15) is 7.05 Å². The summed E-state index contributed by atoms with van der Waals surface area (Å²) in [6.07, 6.45) is 9.84. The van der Waals surface area contributed by atoms with E-state index in [0.717, 1.165) is 0 Å². The summed E-state index contributed by atoms with van der Waals surface area (Å²) >= 11 is 0. The molecule has 1 aliphatic carbocycles. The van der Waals surface area contributed by atoms with Gasteiger partial charge in [-0.25, -0.2) is 0 Å². The molecule has 1 saturated carbocycles. The number of hydrogen-bond acceptors (Lipinski definition) is 1. The van der Waals surface area contributed by atoms with Crippen LogP contribution in [0.25, 0.3) is 5.32 Å². The predicted molar refractivity (Wildman–Crippen MR) is 76.9 cm³/mol. The molecule has 1 heterocycles. The van der Waals surface area contributed by atoms with Crippen molar-refractivity contribution in [1.82, 2.24) is 0 Å². The van der Waals surface area contributed by atoms with Crippen LogP contribution in [0, 0.1) is 11.8 Å². The maximum absolute atomic E-state index is 5.98. The van der Waals surface area contributed by atoms with E-state index in [-0.39, 0.29) is 11.1 Å². The highest BCUT2D eigenvalue weighted by atomic mass is 16.6. The number of epoxide rings is 1. The van der Waals surface area contributed by atoms with Gasteiger partial charge in [-0.05, 0) is 31.6 Å². The van der Waals surface area contributed by atoms with Crippen molar-refractivity contribution in [3.63, 3.8) is 0 Å². The average molecular weight is 250 g/mol. The van der Waals surface area contributed by atoms with Gasteiger partial charge in [0.1, 0.15) is 6.10 Å². The molecule has 1 aliphatic heterocycles. The molecule has 0 aromatic rings. The molecule has 2 unspecified atom stereocenters. The second kappa shape index (κ2) is 4.97. The SMILES string of the molecule is C[N-]C1(C)CCC(C2(C)OC2C=CC(C)C)CC1. The van der Waals surface area contributed by atoms with Crippen LogP contribution in [0.2, 0.25) is 0 Å². The number of hydrogen-bond donors (Lipinski definition) is 0.